The molecule has 1 atom stereocenters. The Morgan fingerprint density at radius 1 is 1.24 bits per heavy atom. The molecule has 0 aromatic heterocycles. The minimum Gasteiger partial charge on any atom is -0.348 e. The van der Waals surface area contributed by atoms with Crippen molar-refractivity contribution in [3.05, 3.63) is 34.9 Å². The van der Waals surface area contributed by atoms with Crippen LogP contribution in [0.3, 0.4) is 0 Å². The Morgan fingerprint density at radius 2 is 1.81 bits per heavy atom. The minimum atomic E-state index is -4.33. The average molecular weight is 323 g/mol. The van der Waals surface area contributed by atoms with E-state index in [4.69, 9.17) is 11.6 Å². The van der Waals surface area contributed by atoms with E-state index in [0.29, 0.717) is 5.02 Å². The Balaban J connectivity index is 2.58. The van der Waals surface area contributed by atoms with Gasteiger partial charge in [0.25, 0.3) is 0 Å². The molecule has 1 aromatic rings. The Morgan fingerprint density at radius 3 is 2.29 bits per heavy atom. The van der Waals surface area contributed by atoms with Crippen LogP contribution in [0.25, 0.3) is 0 Å². The molecule has 3 nitrogen and oxygen atoms in total. The van der Waals surface area contributed by atoms with E-state index < -0.39 is 18.6 Å². The smallest absolute Gasteiger partial charge is 0.348 e. The highest BCUT2D eigenvalue weighted by Gasteiger charge is 2.27. The summed E-state index contributed by atoms with van der Waals surface area (Å²) in [6.07, 6.45) is -4.33. The van der Waals surface area contributed by atoms with Crippen LogP contribution in [-0.2, 0) is 4.79 Å². The van der Waals surface area contributed by atoms with Crippen molar-refractivity contribution in [2.24, 2.45) is 5.92 Å². The molecule has 0 spiro atoms. The highest BCUT2D eigenvalue weighted by Crippen LogP contribution is 2.23. The third kappa shape index (κ3) is 6.82. The number of halogens is 4. The van der Waals surface area contributed by atoms with Crippen LogP contribution in [0.4, 0.5) is 13.2 Å². The number of alkyl halides is 3. The number of carbonyl (C=O) groups is 1. The lowest BCUT2D eigenvalue weighted by molar-refractivity contribution is -0.128. The van der Waals surface area contributed by atoms with Gasteiger partial charge in [-0.1, -0.05) is 37.6 Å². The molecule has 0 saturated carbocycles. The lowest BCUT2D eigenvalue weighted by Crippen LogP contribution is -2.40. The van der Waals surface area contributed by atoms with Gasteiger partial charge in [0.2, 0.25) is 5.91 Å². The lowest BCUT2D eigenvalue weighted by Gasteiger charge is -2.23. The molecule has 0 aliphatic heterocycles. The zero-order chi connectivity index (χ0) is 16.0. The van der Waals surface area contributed by atoms with E-state index in [2.05, 4.69) is 10.6 Å². The highest BCUT2D eigenvalue weighted by molar-refractivity contribution is 6.30. The summed E-state index contributed by atoms with van der Waals surface area (Å²) in [4.78, 5) is 11.7. The van der Waals surface area contributed by atoms with Crippen LogP contribution < -0.4 is 10.6 Å². The van der Waals surface area contributed by atoms with Gasteiger partial charge in [-0.05, 0) is 23.6 Å². The first-order chi connectivity index (χ1) is 9.69. The zero-order valence-corrected chi connectivity index (χ0v) is 12.6. The molecule has 1 rings (SSSR count). The maximum Gasteiger partial charge on any atom is 0.401 e. The molecule has 21 heavy (non-hydrogen) atoms. The molecule has 0 heterocycles. The predicted molar refractivity (Wildman–Crippen MR) is 76.1 cm³/mol. The third-order valence-electron chi connectivity index (χ3n) is 2.82. The molecule has 0 aliphatic carbocycles. The summed E-state index contributed by atoms with van der Waals surface area (Å²) in [5, 5.41) is 5.38. The average Bonchev–Trinajstić information content (AvgIpc) is 2.35. The first-order valence-electron chi connectivity index (χ1n) is 6.51. The van der Waals surface area contributed by atoms with Crippen LogP contribution >= 0.6 is 11.6 Å². The molecule has 1 unspecified atom stereocenters. The van der Waals surface area contributed by atoms with Gasteiger partial charge in [-0.3, -0.25) is 4.79 Å². The van der Waals surface area contributed by atoms with E-state index in [9.17, 15) is 18.0 Å². The molecule has 1 amide bonds. The fraction of sp³-hybridized carbons (Fsp3) is 0.500. The molecule has 0 aliphatic rings. The maximum absolute atomic E-state index is 12.0. The topological polar surface area (TPSA) is 41.1 Å². The van der Waals surface area contributed by atoms with E-state index >= 15 is 0 Å². The standard InChI is InChI=1S/C14H18ClF3N2O/c1-9(2)13(10-3-5-11(15)6-4-10)20-12(21)7-19-8-14(16,17)18/h3-6,9,13,19H,7-8H2,1-2H3,(H,20,21). The number of nitrogens with one attached hydrogen (secondary N) is 2. The quantitative estimate of drug-likeness (QED) is 0.843. The van der Waals surface area contributed by atoms with Gasteiger partial charge < -0.3 is 10.6 Å². The van der Waals surface area contributed by atoms with Crippen LogP contribution in [0.5, 0.6) is 0 Å². The summed E-state index contributed by atoms with van der Waals surface area (Å²) in [6, 6.07) is 6.72. The fourth-order valence-electron chi connectivity index (χ4n) is 1.85. The van der Waals surface area contributed by atoms with Gasteiger partial charge >= 0.3 is 6.18 Å². The monoisotopic (exact) mass is 322 g/mol. The second-order valence-corrected chi connectivity index (χ2v) is 5.50. The first kappa shape index (κ1) is 17.8. The molecule has 1 aromatic carbocycles. The highest BCUT2D eigenvalue weighted by atomic mass is 35.5. The zero-order valence-electron chi connectivity index (χ0n) is 11.8. The Kier molecular flexibility index (Phi) is 6.48. The number of carbonyl (C=O) groups excluding carboxylic acids is 1. The van der Waals surface area contributed by atoms with Crippen molar-refractivity contribution in [2.75, 3.05) is 13.1 Å². The van der Waals surface area contributed by atoms with Crippen LogP contribution in [0.1, 0.15) is 25.5 Å². The number of benzene rings is 1. The van der Waals surface area contributed by atoms with Crippen LogP contribution in [0, 0.1) is 5.92 Å². The fourth-order valence-corrected chi connectivity index (χ4v) is 1.97. The van der Waals surface area contributed by atoms with Gasteiger partial charge in [0.15, 0.2) is 0 Å². The van der Waals surface area contributed by atoms with Gasteiger partial charge in [0.1, 0.15) is 0 Å². The van der Waals surface area contributed by atoms with Crippen molar-refractivity contribution < 1.29 is 18.0 Å². The summed E-state index contributed by atoms with van der Waals surface area (Å²) in [5.41, 5.74) is 0.860. The van der Waals surface area contributed by atoms with E-state index in [1.807, 2.05) is 13.8 Å². The van der Waals surface area contributed by atoms with E-state index in [1.54, 1.807) is 24.3 Å². The lowest BCUT2D eigenvalue weighted by atomic mass is 9.96. The number of rotatable bonds is 6. The summed E-state index contributed by atoms with van der Waals surface area (Å²) >= 11 is 5.81. The molecule has 0 bridgehead atoms. The number of hydrogen-bond donors (Lipinski definition) is 2. The third-order valence-corrected chi connectivity index (χ3v) is 3.08. The van der Waals surface area contributed by atoms with Crippen molar-refractivity contribution in [1.82, 2.24) is 10.6 Å². The second kappa shape index (κ2) is 7.66. The van der Waals surface area contributed by atoms with Crippen molar-refractivity contribution >= 4 is 17.5 Å². The summed E-state index contributed by atoms with van der Waals surface area (Å²) in [5.74, 6) is -0.384. The Bertz CT molecular complexity index is 460. The molecular weight excluding hydrogens is 305 g/mol. The van der Waals surface area contributed by atoms with Gasteiger partial charge in [0.05, 0.1) is 19.1 Å². The SMILES string of the molecule is CC(C)C(NC(=O)CNCC(F)(F)F)c1ccc(Cl)cc1. The minimum absolute atomic E-state index is 0.0951. The molecule has 0 saturated heterocycles. The maximum atomic E-state index is 12.0. The molecule has 118 valence electrons. The van der Waals surface area contributed by atoms with Gasteiger partial charge in [-0.15, -0.1) is 0 Å². The Labute approximate surface area is 126 Å². The van der Waals surface area contributed by atoms with E-state index in [1.165, 1.54) is 0 Å². The van der Waals surface area contributed by atoms with Crippen LogP contribution in [0.2, 0.25) is 5.02 Å². The number of hydrogen-bond acceptors (Lipinski definition) is 2. The van der Waals surface area contributed by atoms with Crippen LogP contribution in [0.15, 0.2) is 24.3 Å². The van der Waals surface area contributed by atoms with E-state index in [0.717, 1.165) is 5.56 Å². The van der Waals surface area contributed by atoms with E-state index in [-0.39, 0.29) is 18.5 Å². The van der Waals surface area contributed by atoms with Crippen molar-refractivity contribution in [3.8, 4) is 0 Å². The predicted octanol–water partition coefficient (Wildman–Crippen LogP) is 3.31. The summed E-state index contributed by atoms with van der Waals surface area (Å²) < 4.78 is 36.0. The number of amides is 1. The summed E-state index contributed by atoms with van der Waals surface area (Å²) in [6.45, 7) is 2.27. The molecule has 0 radical (unpaired) electrons. The summed E-state index contributed by atoms with van der Waals surface area (Å²) in [7, 11) is 0. The normalized spacial score (nSPS) is 13.3. The first-order valence-corrected chi connectivity index (χ1v) is 6.89. The molecule has 0 fully saturated rings. The van der Waals surface area contributed by atoms with Crippen LogP contribution in [-0.4, -0.2) is 25.2 Å². The molecule has 2 N–H and O–H groups in total. The Hall–Kier alpha value is -1.27. The molecule has 7 heteroatoms. The van der Waals surface area contributed by atoms with Gasteiger partial charge in [-0.2, -0.15) is 13.2 Å². The second-order valence-electron chi connectivity index (χ2n) is 5.06. The van der Waals surface area contributed by atoms with Crippen molar-refractivity contribution in [1.29, 1.82) is 0 Å². The van der Waals surface area contributed by atoms with Gasteiger partial charge in [0, 0.05) is 5.02 Å². The van der Waals surface area contributed by atoms with Gasteiger partial charge in [-0.25, -0.2) is 0 Å². The van der Waals surface area contributed by atoms with Crippen molar-refractivity contribution in [3.63, 3.8) is 0 Å². The largest absolute Gasteiger partial charge is 0.401 e. The van der Waals surface area contributed by atoms with Crippen molar-refractivity contribution in [2.45, 2.75) is 26.1 Å². The molecular formula is C14H18ClF3N2O.